The highest BCUT2D eigenvalue weighted by molar-refractivity contribution is 7.79. The van der Waals surface area contributed by atoms with Crippen molar-refractivity contribution in [1.29, 1.82) is 0 Å². The van der Waals surface area contributed by atoms with Crippen molar-refractivity contribution < 1.29 is 9.53 Å². The molecule has 1 aromatic heterocycles. The standard InChI is InChI=1S/C6H5NO2S2/c1-4(8)9-6-7-5(2-10)3-11-6/h2-3H,1H3. The highest BCUT2D eigenvalue weighted by atomic mass is 32.1. The summed E-state index contributed by atoms with van der Waals surface area (Å²) in [7, 11) is 0. The molecule has 0 fully saturated rings. The molecule has 3 nitrogen and oxygen atoms in total. The van der Waals surface area contributed by atoms with E-state index in [9.17, 15) is 4.79 Å². The number of carbonyl (C=O) groups excluding carboxylic acids is 1. The van der Waals surface area contributed by atoms with Gasteiger partial charge in [-0.05, 0) is 0 Å². The maximum absolute atomic E-state index is 10.4. The van der Waals surface area contributed by atoms with Crippen LogP contribution in [0.25, 0.3) is 0 Å². The number of ether oxygens (including phenoxy) is 1. The van der Waals surface area contributed by atoms with Crippen molar-refractivity contribution >= 4 is 34.9 Å². The summed E-state index contributed by atoms with van der Waals surface area (Å²) in [6, 6.07) is 0. The lowest BCUT2D eigenvalue weighted by Crippen LogP contribution is -2.00. The summed E-state index contributed by atoms with van der Waals surface area (Å²) in [5, 5.41) is 3.50. The summed E-state index contributed by atoms with van der Waals surface area (Å²) in [5.41, 5.74) is 0.654. The van der Waals surface area contributed by atoms with Gasteiger partial charge in [-0.1, -0.05) is 23.6 Å². The molecule has 0 aromatic carbocycles. The second kappa shape index (κ2) is 3.54. The smallest absolute Gasteiger partial charge is 0.309 e. The number of rotatable bonds is 2. The Hall–Kier alpha value is -0.810. The predicted molar refractivity (Wildman–Crippen MR) is 46.2 cm³/mol. The number of nitrogens with zero attached hydrogens (tertiary/aromatic N) is 1. The van der Waals surface area contributed by atoms with Crippen LogP contribution in [0.4, 0.5) is 0 Å². The lowest BCUT2D eigenvalue weighted by atomic mass is 10.6. The molecular weight excluding hydrogens is 182 g/mol. The van der Waals surface area contributed by atoms with Crippen LogP contribution in [-0.4, -0.2) is 16.3 Å². The maximum Gasteiger partial charge on any atom is 0.309 e. The van der Waals surface area contributed by atoms with Crippen molar-refractivity contribution in [2.24, 2.45) is 0 Å². The predicted octanol–water partition coefficient (Wildman–Crippen LogP) is 1.42. The van der Waals surface area contributed by atoms with Gasteiger partial charge in [-0.2, -0.15) is 0 Å². The van der Waals surface area contributed by atoms with Crippen molar-refractivity contribution in [3.05, 3.63) is 11.1 Å². The highest BCUT2D eigenvalue weighted by Crippen LogP contribution is 2.16. The number of esters is 1. The Kier molecular flexibility index (Phi) is 2.67. The van der Waals surface area contributed by atoms with E-state index in [1.165, 1.54) is 23.6 Å². The molecule has 1 heterocycles. The van der Waals surface area contributed by atoms with Crippen molar-refractivity contribution in [1.82, 2.24) is 4.98 Å². The summed E-state index contributed by atoms with van der Waals surface area (Å²) in [4.78, 5) is 14.3. The summed E-state index contributed by atoms with van der Waals surface area (Å²) in [6.07, 6.45) is 0. The van der Waals surface area contributed by atoms with Crippen LogP contribution in [0, 0.1) is 0 Å². The van der Waals surface area contributed by atoms with E-state index in [1.54, 1.807) is 5.38 Å². The first-order valence-corrected chi connectivity index (χ1v) is 4.16. The van der Waals surface area contributed by atoms with Gasteiger partial charge in [-0.15, -0.1) is 0 Å². The molecule has 5 heteroatoms. The van der Waals surface area contributed by atoms with Crippen LogP contribution >= 0.6 is 23.6 Å². The molecule has 0 aliphatic carbocycles. The summed E-state index contributed by atoms with van der Waals surface area (Å²) in [5.74, 6) is -0.365. The van der Waals surface area contributed by atoms with Gasteiger partial charge in [0, 0.05) is 17.7 Å². The maximum atomic E-state index is 10.4. The molecule has 11 heavy (non-hydrogen) atoms. The fraction of sp³-hybridized carbons (Fsp3) is 0.167. The fourth-order valence-electron chi connectivity index (χ4n) is 0.493. The zero-order valence-electron chi connectivity index (χ0n) is 5.73. The van der Waals surface area contributed by atoms with E-state index < -0.39 is 0 Å². The van der Waals surface area contributed by atoms with Gasteiger partial charge < -0.3 is 4.74 Å². The molecule has 0 spiro atoms. The minimum absolute atomic E-state index is 0.341. The third-order valence-corrected chi connectivity index (χ3v) is 1.83. The molecule has 0 saturated carbocycles. The largest absolute Gasteiger partial charge is 0.398 e. The third kappa shape index (κ3) is 2.36. The van der Waals surface area contributed by atoms with Crippen LogP contribution in [0.2, 0.25) is 0 Å². The van der Waals surface area contributed by atoms with Gasteiger partial charge in [0.2, 0.25) is 0 Å². The number of carbonyl (C=O) groups is 1. The molecule has 0 aliphatic heterocycles. The van der Waals surface area contributed by atoms with Crippen LogP contribution < -0.4 is 4.74 Å². The van der Waals surface area contributed by atoms with Crippen molar-refractivity contribution in [3.63, 3.8) is 0 Å². The van der Waals surface area contributed by atoms with Gasteiger partial charge in [0.15, 0.2) is 0 Å². The quantitative estimate of drug-likeness (QED) is 0.518. The molecule has 0 amide bonds. The molecule has 0 radical (unpaired) electrons. The minimum Gasteiger partial charge on any atom is -0.398 e. The number of thiazole rings is 1. The fourth-order valence-corrected chi connectivity index (χ4v) is 1.37. The zero-order chi connectivity index (χ0) is 8.27. The van der Waals surface area contributed by atoms with E-state index in [2.05, 4.69) is 17.2 Å². The molecule has 0 N–H and O–H groups in total. The van der Waals surface area contributed by atoms with Gasteiger partial charge in [-0.25, -0.2) is 4.98 Å². The Bertz CT molecular complexity index is 282. The van der Waals surface area contributed by atoms with Gasteiger partial charge in [0.05, 0.1) is 5.69 Å². The molecule has 0 aliphatic rings. The van der Waals surface area contributed by atoms with E-state index in [0.717, 1.165) is 0 Å². The van der Waals surface area contributed by atoms with E-state index >= 15 is 0 Å². The number of hydrogen-bond donors (Lipinski definition) is 0. The lowest BCUT2D eigenvalue weighted by Gasteiger charge is -1.90. The first kappa shape index (κ1) is 8.29. The first-order valence-electron chi connectivity index (χ1n) is 2.81. The first-order chi connectivity index (χ1) is 5.22. The molecular formula is C6H5NO2S2. The molecule has 0 atom stereocenters. The summed E-state index contributed by atoms with van der Waals surface area (Å²) >= 11 is 5.87. The Labute approximate surface area is 73.0 Å². The topological polar surface area (TPSA) is 39.2 Å². The van der Waals surface area contributed by atoms with Crippen molar-refractivity contribution in [3.8, 4) is 5.19 Å². The average Bonchev–Trinajstić information content (AvgIpc) is 2.34. The Morgan fingerprint density at radius 1 is 1.91 bits per heavy atom. The summed E-state index contributed by atoms with van der Waals surface area (Å²) in [6.45, 7) is 1.33. The normalized spacial score (nSPS) is 9.18. The molecule has 58 valence electrons. The van der Waals surface area contributed by atoms with Crippen molar-refractivity contribution in [2.45, 2.75) is 6.92 Å². The molecule has 1 rings (SSSR count). The third-order valence-electron chi connectivity index (χ3n) is 0.853. The second-order valence-corrected chi connectivity index (χ2v) is 2.81. The van der Waals surface area contributed by atoms with E-state index in [4.69, 9.17) is 4.74 Å². The Morgan fingerprint density at radius 2 is 2.64 bits per heavy atom. The van der Waals surface area contributed by atoms with E-state index in [1.807, 2.05) is 0 Å². The lowest BCUT2D eigenvalue weighted by molar-refractivity contribution is -0.131. The zero-order valence-corrected chi connectivity index (χ0v) is 7.37. The number of aromatic nitrogens is 1. The molecule has 0 unspecified atom stereocenters. The van der Waals surface area contributed by atoms with Gasteiger partial charge in [-0.3, -0.25) is 4.79 Å². The number of hydrogen-bond acceptors (Lipinski definition) is 5. The molecule has 1 aromatic rings. The van der Waals surface area contributed by atoms with Crippen LogP contribution in [0.15, 0.2) is 5.38 Å². The SMILES string of the molecule is CC(=O)Oc1nc(C=S)cs1. The van der Waals surface area contributed by atoms with E-state index in [-0.39, 0.29) is 5.97 Å². The average molecular weight is 187 g/mol. The van der Waals surface area contributed by atoms with Crippen LogP contribution in [0.1, 0.15) is 12.6 Å². The van der Waals surface area contributed by atoms with Gasteiger partial charge in [0.25, 0.3) is 5.19 Å². The van der Waals surface area contributed by atoms with Gasteiger partial charge >= 0.3 is 5.97 Å². The van der Waals surface area contributed by atoms with Crippen LogP contribution in [-0.2, 0) is 4.79 Å². The Balaban J connectivity index is 2.72. The van der Waals surface area contributed by atoms with E-state index in [0.29, 0.717) is 10.9 Å². The van der Waals surface area contributed by atoms with Crippen molar-refractivity contribution in [2.75, 3.05) is 0 Å². The molecule has 0 bridgehead atoms. The Morgan fingerprint density at radius 3 is 3.09 bits per heavy atom. The molecule has 0 saturated heterocycles. The van der Waals surface area contributed by atoms with Gasteiger partial charge in [0.1, 0.15) is 0 Å². The minimum atomic E-state index is -0.365. The highest BCUT2D eigenvalue weighted by Gasteiger charge is 2.02. The van der Waals surface area contributed by atoms with Crippen LogP contribution in [0.5, 0.6) is 5.19 Å². The second-order valence-electron chi connectivity index (χ2n) is 1.75. The monoisotopic (exact) mass is 187 g/mol. The number of thiocarbonyl (C=S) groups is 1. The summed E-state index contributed by atoms with van der Waals surface area (Å²) < 4.78 is 4.70. The van der Waals surface area contributed by atoms with Crippen LogP contribution in [0.3, 0.4) is 0 Å².